The third kappa shape index (κ3) is 2.96. The van der Waals surface area contributed by atoms with E-state index in [9.17, 15) is 9.90 Å². The lowest BCUT2D eigenvalue weighted by atomic mass is 10.1. The molecule has 0 fully saturated rings. The van der Waals surface area contributed by atoms with Crippen LogP contribution in [0.4, 0.5) is 5.69 Å². The molecule has 0 atom stereocenters. The number of halogens is 1. The molecule has 0 radical (unpaired) electrons. The number of nitrogens with one attached hydrogen (secondary N) is 1. The molecule has 0 saturated heterocycles. The van der Waals surface area contributed by atoms with E-state index < -0.39 is 0 Å². The maximum absolute atomic E-state index is 12.2. The van der Waals surface area contributed by atoms with E-state index in [0.29, 0.717) is 5.69 Å². The number of hydrogen-bond acceptors (Lipinski definition) is 2. The van der Waals surface area contributed by atoms with Crippen molar-refractivity contribution in [3.8, 4) is 5.75 Å². The standard InChI is InChI=1S/C15H14BrNO2/c1-9-6-7-13(18)11(8-9)15(19)17-12-5-3-4-10(2)14(12)16/h3-8,18H,1-2H3,(H,17,19). The molecule has 0 aromatic heterocycles. The van der Waals surface area contributed by atoms with Crippen LogP contribution in [-0.2, 0) is 0 Å². The molecule has 0 unspecified atom stereocenters. The molecule has 2 rings (SSSR count). The molecule has 0 aliphatic heterocycles. The second-order valence-electron chi connectivity index (χ2n) is 4.41. The summed E-state index contributed by atoms with van der Waals surface area (Å²) in [6.07, 6.45) is 0. The summed E-state index contributed by atoms with van der Waals surface area (Å²) in [5.41, 5.74) is 2.91. The maximum Gasteiger partial charge on any atom is 0.259 e. The summed E-state index contributed by atoms with van der Waals surface area (Å²) < 4.78 is 0.843. The second-order valence-corrected chi connectivity index (χ2v) is 5.20. The van der Waals surface area contributed by atoms with E-state index in [2.05, 4.69) is 21.2 Å². The van der Waals surface area contributed by atoms with E-state index in [1.807, 2.05) is 32.0 Å². The number of benzene rings is 2. The van der Waals surface area contributed by atoms with Crippen molar-refractivity contribution in [2.75, 3.05) is 5.32 Å². The molecule has 2 N–H and O–H groups in total. The van der Waals surface area contributed by atoms with Gasteiger partial charge in [0.25, 0.3) is 5.91 Å². The normalized spacial score (nSPS) is 10.3. The first-order valence-electron chi connectivity index (χ1n) is 5.85. The van der Waals surface area contributed by atoms with E-state index in [4.69, 9.17) is 0 Å². The van der Waals surface area contributed by atoms with Crippen molar-refractivity contribution in [2.24, 2.45) is 0 Å². The van der Waals surface area contributed by atoms with Crippen molar-refractivity contribution in [3.05, 3.63) is 57.6 Å². The summed E-state index contributed by atoms with van der Waals surface area (Å²) in [4.78, 5) is 12.2. The first-order chi connectivity index (χ1) is 8.99. The van der Waals surface area contributed by atoms with Gasteiger partial charge >= 0.3 is 0 Å². The smallest absolute Gasteiger partial charge is 0.259 e. The van der Waals surface area contributed by atoms with E-state index in [1.54, 1.807) is 12.1 Å². The number of rotatable bonds is 2. The van der Waals surface area contributed by atoms with Gasteiger partial charge < -0.3 is 10.4 Å². The second kappa shape index (κ2) is 5.45. The number of aryl methyl sites for hydroxylation is 2. The van der Waals surface area contributed by atoms with Crippen molar-refractivity contribution < 1.29 is 9.90 Å². The summed E-state index contributed by atoms with van der Waals surface area (Å²) in [6, 6.07) is 10.6. The monoisotopic (exact) mass is 319 g/mol. The third-order valence-corrected chi connectivity index (χ3v) is 3.89. The molecular weight excluding hydrogens is 306 g/mol. The Hall–Kier alpha value is -1.81. The average molecular weight is 320 g/mol. The summed E-state index contributed by atoms with van der Waals surface area (Å²) >= 11 is 3.44. The molecule has 2 aromatic rings. The summed E-state index contributed by atoms with van der Waals surface area (Å²) in [7, 11) is 0. The van der Waals surface area contributed by atoms with Crippen molar-refractivity contribution in [2.45, 2.75) is 13.8 Å². The number of aromatic hydroxyl groups is 1. The van der Waals surface area contributed by atoms with Crippen molar-refractivity contribution in [1.29, 1.82) is 0 Å². The van der Waals surface area contributed by atoms with Crippen LogP contribution in [0.3, 0.4) is 0 Å². The van der Waals surface area contributed by atoms with Crippen LogP contribution in [0.15, 0.2) is 40.9 Å². The Morgan fingerprint density at radius 1 is 1.21 bits per heavy atom. The zero-order chi connectivity index (χ0) is 14.0. The maximum atomic E-state index is 12.2. The Balaban J connectivity index is 2.31. The van der Waals surface area contributed by atoms with Gasteiger partial charge in [-0.15, -0.1) is 0 Å². The van der Waals surface area contributed by atoms with Crippen LogP contribution in [0.1, 0.15) is 21.5 Å². The van der Waals surface area contributed by atoms with Gasteiger partial charge in [0, 0.05) is 4.47 Å². The molecule has 0 spiro atoms. The molecule has 1 amide bonds. The van der Waals surface area contributed by atoms with Gasteiger partial charge in [-0.1, -0.05) is 23.8 Å². The predicted octanol–water partition coefficient (Wildman–Crippen LogP) is 4.02. The van der Waals surface area contributed by atoms with Crippen LogP contribution in [0.5, 0.6) is 5.75 Å². The van der Waals surface area contributed by atoms with Crippen LogP contribution in [-0.4, -0.2) is 11.0 Å². The van der Waals surface area contributed by atoms with Gasteiger partial charge in [0.15, 0.2) is 0 Å². The van der Waals surface area contributed by atoms with Crippen LogP contribution in [0.25, 0.3) is 0 Å². The van der Waals surface area contributed by atoms with E-state index in [-0.39, 0.29) is 17.2 Å². The van der Waals surface area contributed by atoms with E-state index in [0.717, 1.165) is 15.6 Å². The molecular formula is C15H14BrNO2. The number of amides is 1. The highest BCUT2D eigenvalue weighted by atomic mass is 79.9. The van der Waals surface area contributed by atoms with E-state index in [1.165, 1.54) is 6.07 Å². The van der Waals surface area contributed by atoms with E-state index >= 15 is 0 Å². The largest absolute Gasteiger partial charge is 0.507 e. The Kier molecular flexibility index (Phi) is 3.90. The van der Waals surface area contributed by atoms with Crippen molar-refractivity contribution in [1.82, 2.24) is 0 Å². The summed E-state index contributed by atoms with van der Waals surface area (Å²) in [6.45, 7) is 3.82. The molecule has 0 aliphatic rings. The van der Waals surface area contributed by atoms with Crippen molar-refractivity contribution in [3.63, 3.8) is 0 Å². The SMILES string of the molecule is Cc1ccc(O)c(C(=O)Nc2cccc(C)c2Br)c1. The molecule has 4 heteroatoms. The third-order valence-electron chi connectivity index (χ3n) is 2.84. The predicted molar refractivity (Wildman–Crippen MR) is 79.7 cm³/mol. The fourth-order valence-electron chi connectivity index (χ4n) is 1.77. The molecule has 0 aliphatic carbocycles. The van der Waals surface area contributed by atoms with Gasteiger partial charge in [0.1, 0.15) is 5.75 Å². The van der Waals surface area contributed by atoms with Gasteiger partial charge in [0.2, 0.25) is 0 Å². The van der Waals surface area contributed by atoms with Crippen LogP contribution >= 0.6 is 15.9 Å². The first-order valence-corrected chi connectivity index (χ1v) is 6.64. The highest BCUT2D eigenvalue weighted by Crippen LogP contribution is 2.27. The summed E-state index contributed by atoms with van der Waals surface area (Å²) in [5.74, 6) is -0.348. The lowest BCUT2D eigenvalue weighted by molar-refractivity contribution is 0.102. The minimum Gasteiger partial charge on any atom is -0.507 e. The first kappa shape index (κ1) is 13.6. The highest BCUT2D eigenvalue weighted by molar-refractivity contribution is 9.10. The lowest BCUT2D eigenvalue weighted by Gasteiger charge is -2.10. The Morgan fingerprint density at radius 2 is 1.95 bits per heavy atom. The fourth-order valence-corrected chi connectivity index (χ4v) is 2.13. The Morgan fingerprint density at radius 3 is 2.68 bits per heavy atom. The zero-order valence-electron chi connectivity index (χ0n) is 10.7. The van der Waals surface area contributed by atoms with Crippen LogP contribution in [0, 0.1) is 13.8 Å². The van der Waals surface area contributed by atoms with Gasteiger partial charge in [0.05, 0.1) is 11.3 Å². The van der Waals surface area contributed by atoms with Gasteiger partial charge in [-0.3, -0.25) is 4.79 Å². The molecule has 2 aromatic carbocycles. The zero-order valence-corrected chi connectivity index (χ0v) is 12.3. The number of phenolic OH excluding ortho intramolecular Hbond substituents is 1. The van der Waals surface area contributed by atoms with Crippen LogP contribution < -0.4 is 5.32 Å². The number of carbonyl (C=O) groups excluding carboxylic acids is 1. The summed E-state index contributed by atoms with van der Waals surface area (Å²) in [5, 5.41) is 12.5. The number of phenols is 1. The minimum atomic E-state index is -0.326. The lowest BCUT2D eigenvalue weighted by Crippen LogP contribution is -2.13. The minimum absolute atomic E-state index is 0.0214. The van der Waals surface area contributed by atoms with Gasteiger partial charge in [-0.25, -0.2) is 0 Å². The molecule has 3 nitrogen and oxygen atoms in total. The van der Waals surface area contributed by atoms with Gasteiger partial charge in [-0.05, 0) is 53.5 Å². The Bertz CT molecular complexity index is 638. The molecule has 0 saturated carbocycles. The highest BCUT2D eigenvalue weighted by Gasteiger charge is 2.13. The topological polar surface area (TPSA) is 49.3 Å². The fraction of sp³-hybridized carbons (Fsp3) is 0.133. The molecule has 19 heavy (non-hydrogen) atoms. The molecule has 0 heterocycles. The Labute approximate surface area is 120 Å². The van der Waals surface area contributed by atoms with Crippen LogP contribution in [0.2, 0.25) is 0 Å². The number of hydrogen-bond donors (Lipinski definition) is 2. The van der Waals surface area contributed by atoms with Gasteiger partial charge in [-0.2, -0.15) is 0 Å². The number of anilines is 1. The van der Waals surface area contributed by atoms with Crippen molar-refractivity contribution >= 4 is 27.5 Å². The molecule has 0 bridgehead atoms. The quantitative estimate of drug-likeness (QED) is 0.878. The molecule has 98 valence electrons. The average Bonchev–Trinajstić information content (AvgIpc) is 2.38. The number of carbonyl (C=O) groups is 1.